The second-order valence-corrected chi connectivity index (χ2v) is 7.02. The van der Waals surface area contributed by atoms with Crippen LogP contribution in [0.5, 0.6) is 0 Å². The van der Waals surface area contributed by atoms with E-state index < -0.39 is 0 Å². The van der Waals surface area contributed by atoms with E-state index in [1.807, 2.05) is 25.1 Å². The summed E-state index contributed by atoms with van der Waals surface area (Å²) in [7, 11) is 0. The average molecular weight is 389 g/mol. The molecule has 0 aromatic heterocycles. The van der Waals surface area contributed by atoms with Crippen LogP contribution in [0.15, 0.2) is 42.5 Å². The van der Waals surface area contributed by atoms with Gasteiger partial charge in [0.2, 0.25) is 11.8 Å². The topological polar surface area (TPSA) is 58.2 Å². The minimum absolute atomic E-state index is 0.0408. The highest BCUT2D eigenvalue weighted by molar-refractivity contribution is 6.42. The van der Waals surface area contributed by atoms with Crippen molar-refractivity contribution in [3.05, 3.63) is 69.2 Å². The lowest BCUT2D eigenvalue weighted by atomic mass is 9.98. The molecule has 0 saturated carbocycles. The Balaban J connectivity index is 1.64. The number of anilines is 1. The molecule has 0 bridgehead atoms. The third kappa shape index (κ3) is 4.45. The van der Waals surface area contributed by atoms with Crippen LogP contribution in [-0.4, -0.2) is 11.8 Å². The number of rotatable bonds is 4. The van der Waals surface area contributed by atoms with Crippen molar-refractivity contribution < 1.29 is 9.59 Å². The van der Waals surface area contributed by atoms with Gasteiger partial charge in [0.1, 0.15) is 0 Å². The lowest BCUT2D eigenvalue weighted by molar-refractivity contribution is -0.117. The van der Waals surface area contributed by atoms with Crippen molar-refractivity contribution >= 4 is 46.8 Å². The van der Waals surface area contributed by atoms with Crippen molar-refractivity contribution in [1.82, 2.24) is 5.32 Å². The minimum atomic E-state index is -0.199. The highest BCUT2D eigenvalue weighted by Crippen LogP contribution is 2.26. The van der Waals surface area contributed by atoms with Gasteiger partial charge in [-0.3, -0.25) is 9.59 Å². The van der Waals surface area contributed by atoms with Crippen molar-refractivity contribution in [3.8, 4) is 0 Å². The van der Waals surface area contributed by atoms with Crippen molar-refractivity contribution in [2.75, 3.05) is 5.32 Å². The molecule has 1 aliphatic heterocycles. The first-order valence-electron chi connectivity index (χ1n) is 8.28. The van der Waals surface area contributed by atoms with Crippen LogP contribution >= 0.6 is 23.2 Å². The van der Waals surface area contributed by atoms with Crippen LogP contribution in [0.4, 0.5) is 5.69 Å². The average Bonchev–Trinajstić information content (AvgIpc) is 2.62. The van der Waals surface area contributed by atoms with Gasteiger partial charge in [0.15, 0.2) is 0 Å². The Morgan fingerprint density at radius 1 is 1.15 bits per heavy atom. The molecule has 1 heterocycles. The molecule has 0 spiro atoms. The van der Waals surface area contributed by atoms with Crippen LogP contribution in [0, 0.1) is 0 Å². The fraction of sp³-hybridized carbons (Fsp3) is 0.200. The molecule has 3 rings (SSSR count). The van der Waals surface area contributed by atoms with Crippen LogP contribution < -0.4 is 10.6 Å². The Bertz CT molecular complexity index is 893. The van der Waals surface area contributed by atoms with Gasteiger partial charge in [0, 0.05) is 18.2 Å². The number of benzene rings is 2. The summed E-state index contributed by atoms with van der Waals surface area (Å²) in [4.78, 5) is 23.6. The smallest absolute Gasteiger partial charge is 0.244 e. The highest BCUT2D eigenvalue weighted by Gasteiger charge is 2.16. The first-order valence-corrected chi connectivity index (χ1v) is 9.04. The number of hydrogen-bond acceptors (Lipinski definition) is 2. The van der Waals surface area contributed by atoms with E-state index in [1.165, 1.54) is 6.08 Å². The highest BCUT2D eigenvalue weighted by atomic mass is 35.5. The molecule has 2 aromatic carbocycles. The zero-order valence-electron chi connectivity index (χ0n) is 14.2. The molecular formula is C20H18Cl2N2O2. The summed E-state index contributed by atoms with van der Waals surface area (Å²) in [6.45, 7) is 1.92. The maximum atomic E-state index is 12.2. The second kappa shape index (κ2) is 7.94. The molecule has 0 radical (unpaired) electrons. The van der Waals surface area contributed by atoms with E-state index in [4.69, 9.17) is 23.2 Å². The van der Waals surface area contributed by atoms with Crippen molar-refractivity contribution in [3.63, 3.8) is 0 Å². The first kappa shape index (κ1) is 18.5. The summed E-state index contributed by atoms with van der Waals surface area (Å²) in [5.74, 6) is -0.159. The second-order valence-electron chi connectivity index (χ2n) is 6.20. The van der Waals surface area contributed by atoms with Gasteiger partial charge in [-0.15, -0.1) is 0 Å². The summed E-state index contributed by atoms with van der Waals surface area (Å²) >= 11 is 11.8. The van der Waals surface area contributed by atoms with E-state index in [0.29, 0.717) is 22.9 Å². The quantitative estimate of drug-likeness (QED) is 0.741. The van der Waals surface area contributed by atoms with E-state index in [-0.39, 0.29) is 17.9 Å². The number of halogens is 2. The fourth-order valence-electron chi connectivity index (χ4n) is 2.81. The molecule has 6 heteroatoms. The lowest BCUT2D eigenvalue weighted by Gasteiger charge is -2.20. The van der Waals surface area contributed by atoms with E-state index in [2.05, 4.69) is 10.6 Å². The molecular weight excluding hydrogens is 371 g/mol. The number of carbonyl (C=O) groups excluding carboxylic acids is 2. The Kier molecular flexibility index (Phi) is 5.64. The van der Waals surface area contributed by atoms with Gasteiger partial charge in [-0.25, -0.2) is 0 Å². The van der Waals surface area contributed by atoms with E-state index in [0.717, 1.165) is 22.4 Å². The van der Waals surface area contributed by atoms with Crippen LogP contribution in [0.2, 0.25) is 10.0 Å². The fourth-order valence-corrected chi connectivity index (χ4v) is 3.11. The molecule has 0 saturated heterocycles. The van der Waals surface area contributed by atoms with Crippen LogP contribution in [0.25, 0.3) is 6.08 Å². The molecule has 2 aromatic rings. The van der Waals surface area contributed by atoms with Crippen molar-refractivity contribution in [1.29, 1.82) is 0 Å². The zero-order chi connectivity index (χ0) is 18.7. The normalized spacial score (nSPS) is 14.7. The van der Waals surface area contributed by atoms with E-state index in [9.17, 15) is 9.59 Å². The van der Waals surface area contributed by atoms with Crippen LogP contribution in [0.3, 0.4) is 0 Å². The molecule has 1 unspecified atom stereocenters. The maximum absolute atomic E-state index is 12.2. The van der Waals surface area contributed by atoms with Gasteiger partial charge in [-0.1, -0.05) is 41.4 Å². The molecule has 26 heavy (non-hydrogen) atoms. The third-order valence-electron chi connectivity index (χ3n) is 4.25. The molecule has 1 aliphatic rings. The van der Waals surface area contributed by atoms with Gasteiger partial charge in [-0.05, 0) is 54.3 Å². The summed E-state index contributed by atoms with van der Waals surface area (Å²) < 4.78 is 0. The van der Waals surface area contributed by atoms with Crippen LogP contribution in [0.1, 0.15) is 36.1 Å². The molecule has 0 aliphatic carbocycles. The summed E-state index contributed by atoms with van der Waals surface area (Å²) in [5.41, 5.74) is 3.74. The number of nitrogens with one attached hydrogen (secondary N) is 2. The Labute approximate surface area is 162 Å². The molecule has 2 N–H and O–H groups in total. The molecule has 4 nitrogen and oxygen atoms in total. The number of carbonyl (C=O) groups is 2. The number of hydrogen-bond donors (Lipinski definition) is 2. The summed E-state index contributed by atoms with van der Waals surface area (Å²) in [6.07, 6.45) is 4.36. The van der Waals surface area contributed by atoms with Gasteiger partial charge in [0.05, 0.1) is 16.1 Å². The molecule has 134 valence electrons. The predicted octanol–water partition coefficient (Wildman–Crippen LogP) is 4.77. The monoisotopic (exact) mass is 388 g/mol. The number of aryl methyl sites for hydroxylation is 1. The van der Waals surface area contributed by atoms with Gasteiger partial charge < -0.3 is 10.6 Å². The van der Waals surface area contributed by atoms with Crippen LogP contribution in [-0.2, 0) is 16.0 Å². The largest absolute Gasteiger partial charge is 0.346 e. The Morgan fingerprint density at radius 2 is 1.96 bits per heavy atom. The zero-order valence-corrected chi connectivity index (χ0v) is 15.7. The predicted molar refractivity (Wildman–Crippen MR) is 105 cm³/mol. The minimum Gasteiger partial charge on any atom is -0.346 e. The van der Waals surface area contributed by atoms with Gasteiger partial charge in [0.25, 0.3) is 0 Å². The van der Waals surface area contributed by atoms with Crippen molar-refractivity contribution in [2.24, 2.45) is 0 Å². The molecule has 0 fully saturated rings. The summed E-state index contributed by atoms with van der Waals surface area (Å²) in [5, 5.41) is 6.72. The van der Waals surface area contributed by atoms with E-state index in [1.54, 1.807) is 24.3 Å². The number of fused-ring (bicyclic) bond motifs is 1. The number of amides is 2. The SMILES string of the molecule is CC(NC(=O)/C=C/c1ccc(Cl)c(Cl)c1)c1ccc2c(c1)CCC(=O)N2. The molecule has 2 amide bonds. The Hall–Kier alpha value is -2.30. The Morgan fingerprint density at radius 3 is 2.73 bits per heavy atom. The van der Waals surface area contributed by atoms with Gasteiger partial charge in [-0.2, -0.15) is 0 Å². The standard InChI is InChI=1S/C20H18Cl2N2O2/c1-12(14-4-7-18-15(11-14)5-9-20(26)24-18)23-19(25)8-3-13-2-6-16(21)17(22)10-13/h2-4,6-8,10-12H,5,9H2,1H3,(H,23,25)(H,24,26)/b8-3+. The van der Waals surface area contributed by atoms with Crippen molar-refractivity contribution in [2.45, 2.75) is 25.8 Å². The lowest BCUT2D eigenvalue weighted by Crippen LogP contribution is -2.25. The molecule has 1 atom stereocenters. The van der Waals surface area contributed by atoms with Gasteiger partial charge >= 0.3 is 0 Å². The van der Waals surface area contributed by atoms with E-state index >= 15 is 0 Å². The maximum Gasteiger partial charge on any atom is 0.244 e. The first-order chi connectivity index (χ1) is 12.4. The third-order valence-corrected chi connectivity index (χ3v) is 4.99. The summed E-state index contributed by atoms with van der Waals surface area (Å²) in [6, 6.07) is 10.9.